The summed E-state index contributed by atoms with van der Waals surface area (Å²) in [5.74, 6) is -0.0625. The van der Waals surface area contributed by atoms with Crippen molar-refractivity contribution in [2.75, 3.05) is 0 Å². The van der Waals surface area contributed by atoms with Gasteiger partial charge in [0.2, 0.25) is 0 Å². The molecule has 0 aliphatic heterocycles. The number of hydrogen-bond acceptors (Lipinski definition) is 3. The first-order valence-electron chi connectivity index (χ1n) is 9.82. The van der Waals surface area contributed by atoms with Crippen LogP contribution in [-0.4, -0.2) is 44.9 Å². The number of allylic oxidation sites excluding steroid dienone is 2. The number of aliphatic hydroxyl groups is 1. The predicted octanol–water partition coefficient (Wildman–Crippen LogP) is 5.80. The molecule has 0 aliphatic rings. The number of nitrogens with zero attached hydrogens (tertiary/aromatic N) is 1. The van der Waals surface area contributed by atoms with Crippen LogP contribution in [0.4, 0.5) is 0 Å². The Hall–Kier alpha value is -2.03. The van der Waals surface area contributed by atoms with Crippen molar-refractivity contribution >= 4 is 84.3 Å². The minimum absolute atomic E-state index is 0. The van der Waals surface area contributed by atoms with E-state index in [1.54, 1.807) is 0 Å². The predicted molar refractivity (Wildman–Crippen MR) is 132 cm³/mol. The van der Waals surface area contributed by atoms with E-state index in [4.69, 9.17) is 10.1 Å². The van der Waals surface area contributed by atoms with Crippen LogP contribution in [0, 0.1) is 6.07 Å². The van der Waals surface area contributed by atoms with Crippen molar-refractivity contribution in [2.24, 2.45) is 0 Å². The molecule has 32 heavy (non-hydrogen) atoms. The molecule has 6 aromatic rings. The number of aliphatic hydroxyl groups excluding tert-OH is 1. The summed E-state index contributed by atoms with van der Waals surface area (Å²) in [5.41, 5.74) is 1.14. The van der Waals surface area contributed by atoms with Gasteiger partial charge in [0, 0.05) is 26.2 Å². The third kappa shape index (κ3) is 4.15. The van der Waals surface area contributed by atoms with E-state index in [0.717, 1.165) is 5.52 Å². The molecule has 1 N–H and O–H groups in total. The van der Waals surface area contributed by atoms with E-state index in [9.17, 15) is 4.79 Å². The van der Waals surface area contributed by atoms with Crippen molar-refractivity contribution in [2.45, 2.75) is 13.8 Å². The molecule has 161 valence electrons. The number of fused-ring (bicyclic) bond motifs is 4. The van der Waals surface area contributed by atoms with Gasteiger partial charge < -0.3 is 5.11 Å². The first kappa shape index (κ1) is 23.1. The Morgan fingerprint density at radius 1 is 0.969 bits per heavy atom. The molecule has 0 saturated carbocycles. The quantitative estimate of drug-likeness (QED) is 0.101. The van der Waals surface area contributed by atoms with Gasteiger partial charge in [-0.1, -0.05) is 0 Å². The first-order chi connectivity index (χ1) is 15.0. The van der Waals surface area contributed by atoms with Gasteiger partial charge in [0.15, 0.2) is 5.78 Å². The number of rotatable bonds is 1. The zero-order chi connectivity index (χ0) is 21.5. The minimum atomic E-state index is -0.125. The van der Waals surface area contributed by atoms with Gasteiger partial charge in [-0.3, -0.25) is 4.79 Å². The molecule has 6 heteroatoms. The average Bonchev–Trinajstić information content (AvgIpc) is 3.05. The van der Waals surface area contributed by atoms with Gasteiger partial charge in [-0.25, -0.2) is 0 Å². The van der Waals surface area contributed by atoms with Crippen molar-refractivity contribution in [3.8, 4) is 0 Å². The van der Waals surface area contributed by atoms with Crippen LogP contribution >= 0.6 is 0 Å². The Labute approximate surface area is 210 Å². The van der Waals surface area contributed by atoms with E-state index < -0.39 is 0 Å². The van der Waals surface area contributed by atoms with E-state index >= 15 is 0 Å². The molecule has 0 saturated heterocycles. The molecule has 3 aromatic carbocycles. The summed E-state index contributed by atoms with van der Waals surface area (Å²) in [4.78, 5) is 14.8. The van der Waals surface area contributed by atoms with E-state index in [1.807, 2.05) is 6.20 Å². The monoisotopic (exact) mass is 729 g/mol. The fraction of sp³-hybridized carbons (Fsp3) is 0.0769. The number of aromatic nitrogens is 1. The van der Waals surface area contributed by atoms with Crippen LogP contribution in [0.2, 0.25) is 0 Å². The van der Waals surface area contributed by atoms with Gasteiger partial charge in [-0.2, -0.15) is 0 Å². The van der Waals surface area contributed by atoms with Crippen LogP contribution in [0.25, 0.3) is 49.5 Å². The van der Waals surface area contributed by atoms with Gasteiger partial charge in [-0.05, 0) is 13.8 Å². The zero-order valence-corrected chi connectivity index (χ0v) is 23.1. The molecule has 6 rings (SSSR count). The molecule has 3 heterocycles. The molecule has 0 atom stereocenters. The van der Waals surface area contributed by atoms with E-state index in [1.165, 1.54) is 63.9 Å². The Morgan fingerprint density at radius 3 is 2.41 bits per heavy atom. The molecule has 1 radical (unpaired) electrons. The van der Waals surface area contributed by atoms with Crippen LogP contribution in [0.15, 0.2) is 72.6 Å². The van der Waals surface area contributed by atoms with E-state index in [2.05, 4.69) is 60.7 Å². The summed E-state index contributed by atoms with van der Waals surface area (Å²) in [6, 6.07) is 23.4. The molecule has 0 amide bonds. The Morgan fingerprint density at radius 2 is 1.69 bits per heavy atom. The van der Waals surface area contributed by atoms with Gasteiger partial charge in [0.05, 0.1) is 5.76 Å². The number of carbonyl (C=O) groups is 1. The molecule has 3 nitrogen and oxygen atoms in total. The fourth-order valence-corrected chi connectivity index (χ4v) is 9.15. The summed E-state index contributed by atoms with van der Waals surface area (Å²) in [6.45, 7) is 2.85. The van der Waals surface area contributed by atoms with Crippen molar-refractivity contribution in [3.05, 3.63) is 78.7 Å². The number of carbonyl (C=O) groups excluding carboxylic acids is 1. The van der Waals surface area contributed by atoms with Crippen LogP contribution < -0.4 is 0 Å². The van der Waals surface area contributed by atoms with Crippen molar-refractivity contribution in [3.63, 3.8) is 0 Å². The molecule has 0 fully saturated rings. The number of ketones is 1. The van der Waals surface area contributed by atoms with Gasteiger partial charge in [0.1, 0.15) is 0 Å². The Kier molecular flexibility index (Phi) is 6.83. The second-order valence-corrected chi connectivity index (χ2v) is 11.8. The Balaban J connectivity index is 0.000000271. The van der Waals surface area contributed by atoms with Crippen molar-refractivity contribution < 1.29 is 30.0 Å². The number of pyridine rings is 1. The molecule has 0 unspecified atom stereocenters. The third-order valence-electron chi connectivity index (χ3n) is 5.04. The summed E-state index contributed by atoms with van der Waals surface area (Å²) in [7, 11) is 0. The molecular formula is C26H18IrNO2Se2-. The van der Waals surface area contributed by atoms with Crippen LogP contribution in [-0.2, 0) is 24.9 Å². The molecular weight excluding hydrogens is 708 g/mol. The molecule has 0 bridgehead atoms. The summed E-state index contributed by atoms with van der Waals surface area (Å²) in [6.07, 6.45) is 3.15. The SMILES string of the molecule is CC(=O)/C=C(/C)O.[Ir].[c-]1cc2ccccc2c2[se]c3cccc4[se]c5ccnc(c12)c5c43. The van der Waals surface area contributed by atoms with Crippen LogP contribution in [0.3, 0.4) is 0 Å². The standard InChI is InChI=1S/C21H10NSe2.C5H8O2.Ir/c1-2-5-13-12(4-1)8-9-14-20-19-17(10-11-22-20)23-15-6-3-7-16(18(15)19)24-21(13)14;1-4(6)3-5(2)7;/h1-8,10-11H;3,6H,1-2H3;/q-1;;/b;4-3-;. The maximum atomic E-state index is 10.0. The van der Waals surface area contributed by atoms with Crippen LogP contribution in [0.1, 0.15) is 13.8 Å². The van der Waals surface area contributed by atoms with Crippen molar-refractivity contribution in [1.29, 1.82) is 0 Å². The first-order valence-corrected chi connectivity index (χ1v) is 13.3. The second-order valence-electron chi connectivity index (χ2n) is 7.34. The summed E-state index contributed by atoms with van der Waals surface area (Å²) >= 11 is 0.680. The maximum absolute atomic E-state index is 10.0. The van der Waals surface area contributed by atoms with E-state index in [-0.39, 0.29) is 46.2 Å². The normalized spacial score (nSPS) is 11.6. The average molecular weight is 727 g/mol. The van der Waals surface area contributed by atoms with Gasteiger partial charge >= 0.3 is 150 Å². The van der Waals surface area contributed by atoms with Gasteiger partial charge in [0.25, 0.3) is 0 Å². The Bertz CT molecular complexity index is 1640. The van der Waals surface area contributed by atoms with Crippen molar-refractivity contribution in [1.82, 2.24) is 4.98 Å². The topological polar surface area (TPSA) is 50.2 Å². The van der Waals surface area contributed by atoms with Gasteiger partial charge in [-0.15, -0.1) is 0 Å². The molecule has 3 aromatic heterocycles. The third-order valence-corrected chi connectivity index (χ3v) is 9.88. The number of hydrogen-bond donors (Lipinski definition) is 1. The van der Waals surface area contributed by atoms with Crippen LogP contribution in [0.5, 0.6) is 0 Å². The second kappa shape index (κ2) is 9.45. The fourth-order valence-electron chi connectivity index (χ4n) is 3.87. The zero-order valence-electron chi connectivity index (χ0n) is 17.3. The van der Waals surface area contributed by atoms with E-state index in [0.29, 0.717) is 14.5 Å². The summed E-state index contributed by atoms with van der Waals surface area (Å²) in [5, 5.41) is 15.1. The summed E-state index contributed by atoms with van der Waals surface area (Å²) < 4.78 is 5.92. The number of benzene rings is 3. The molecule has 0 aliphatic carbocycles. The molecule has 0 spiro atoms.